The molecule has 4 nitrogen and oxygen atoms in total. The number of rotatable bonds is 7. The first-order valence-electron chi connectivity index (χ1n) is 9.23. The van der Waals surface area contributed by atoms with Crippen LogP contribution in [0.2, 0.25) is 10.0 Å². The van der Waals surface area contributed by atoms with E-state index in [1.165, 1.54) is 0 Å². The van der Waals surface area contributed by atoms with Gasteiger partial charge in [-0.3, -0.25) is 9.97 Å². The highest BCUT2D eigenvalue weighted by Gasteiger charge is 2.06. The van der Waals surface area contributed by atoms with E-state index < -0.39 is 0 Å². The third-order valence-corrected chi connectivity index (χ3v) is 5.33. The summed E-state index contributed by atoms with van der Waals surface area (Å²) >= 11 is 12.6. The minimum Gasteiger partial charge on any atom is -0.384 e. The Morgan fingerprint density at radius 1 is 0.857 bits per heavy atom. The average molecular weight is 411 g/mol. The number of anilines is 1. The molecule has 2 N–H and O–H groups in total. The van der Waals surface area contributed by atoms with Crippen LogP contribution in [0.5, 0.6) is 0 Å². The summed E-state index contributed by atoms with van der Waals surface area (Å²) in [5.41, 5.74) is 3.91. The van der Waals surface area contributed by atoms with Crippen LogP contribution in [0.4, 0.5) is 5.69 Å². The summed E-state index contributed by atoms with van der Waals surface area (Å²) in [4.78, 5) is 8.85. The van der Waals surface area contributed by atoms with Crippen molar-refractivity contribution in [3.8, 4) is 0 Å². The van der Waals surface area contributed by atoms with E-state index >= 15 is 0 Å². The molecule has 4 aromatic rings. The highest BCUT2D eigenvalue weighted by atomic mass is 35.5. The molecule has 2 aromatic carbocycles. The third kappa shape index (κ3) is 4.20. The van der Waals surface area contributed by atoms with Crippen molar-refractivity contribution in [2.75, 3.05) is 18.4 Å². The Kier molecular flexibility index (Phi) is 5.91. The lowest BCUT2D eigenvalue weighted by atomic mass is 10.1. The van der Waals surface area contributed by atoms with Gasteiger partial charge >= 0.3 is 0 Å². The number of hydrogen-bond acceptors (Lipinski definition) is 4. The quantitative estimate of drug-likeness (QED) is 0.384. The van der Waals surface area contributed by atoms with E-state index in [1.54, 1.807) is 6.20 Å². The van der Waals surface area contributed by atoms with E-state index in [-0.39, 0.29) is 0 Å². The van der Waals surface area contributed by atoms with E-state index in [9.17, 15) is 0 Å². The van der Waals surface area contributed by atoms with Gasteiger partial charge < -0.3 is 10.6 Å². The van der Waals surface area contributed by atoms with Crippen molar-refractivity contribution in [2.45, 2.75) is 13.0 Å². The van der Waals surface area contributed by atoms with Crippen LogP contribution in [0.1, 0.15) is 12.0 Å². The molecular weight excluding hydrogens is 391 g/mol. The highest BCUT2D eigenvalue weighted by molar-refractivity contribution is 6.36. The Morgan fingerprint density at radius 3 is 2.68 bits per heavy atom. The summed E-state index contributed by atoms with van der Waals surface area (Å²) in [6, 6.07) is 15.7. The van der Waals surface area contributed by atoms with Crippen LogP contribution in [0.25, 0.3) is 21.8 Å². The molecule has 0 aliphatic carbocycles. The fraction of sp³-hybridized carbons (Fsp3) is 0.182. The Labute approximate surface area is 173 Å². The maximum absolute atomic E-state index is 6.52. The van der Waals surface area contributed by atoms with E-state index in [4.69, 9.17) is 23.2 Å². The molecule has 2 aromatic heterocycles. The minimum absolute atomic E-state index is 0.697. The fourth-order valence-corrected chi connectivity index (χ4v) is 3.65. The second-order valence-corrected chi connectivity index (χ2v) is 7.41. The van der Waals surface area contributed by atoms with Crippen molar-refractivity contribution in [1.82, 2.24) is 15.3 Å². The van der Waals surface area contributed by atoms with Crippen molar-refractivity contribution < 1.29 is 0 Å². The first kappa shape index (κ1) is 18.9. The van der Waals surface area contributed by atoms with Crippen molar-refractivity contribution in [2.24, 2.45) is 0 Å². The summed E-state index contributed by atoms with van der Waals surface area (Å²) in [5, 5.41) is 10.5. The SMILES string of the molecule is Clc1ccc2c(NCCCNCc3cnc4ccccc4c3Cl)ccnc2c1. The molecule has 0 saturated carbocycles. The van der Waals surface area contributed by atoms with Crippen molar-refractivity contribution >= 4 is 50.7 Å². The van der Waals surface area contributed by atoms with Gasteiger partial charge in [-0.25, -0.2) is 0 Å². The lowest BCUT2D eigenvalue weighted by Gasteiger charge is -2.11. The minimum atomic E-state index is 0.697. The highest BCUT2D eigenvalue weighted by Crippen LogP contribution is 2.26. The van der Waals surface area contributed by atoms with E-state index in [0.29, 0.717) is 11.6 Å². The monoisotopic (exact) mass is 410 g/mol. The van der Waals surface area contributed by atoms with Gasteiger partial charge in [-0.2, -0.15) is 0 Å². The largest absolute Gasteiger partial charge is 0.384 e. The predicted octanol–water partition coefficient (Wildman–Crippen LogP) is 5.68. The standard InChI is InChI=1S/C22H20Cl2N4/c23-16-6-7-17-20(8-11-27-21(17)12-16)26-10-3-9-25-13-15-14-28-19-5-2-1-4-18(19)22(15)24/h1-2,4-8,11-12,14,25H,3,9-10,13H2,(H,26,27). The van der Waals surface area contributed by atoms with Gasteiger partial charge in [0.15, 0.2) is 0 Å². The van der Waals surface area contributed by atoms with Gasteiger partial charge in [0, 0.05) is 52.5 Å². The molecule has 0 saturated heterocycles. The van der Waals surface area contributed by atoms with Crippen LogP contribution in [-0.4, -0.2) is 23.1 Å². The summed E-state index contributed by atoms with van der Waals surface area (Å²) in [7, 11) is 0. The molecule has 0 amide bonds. The second-order valence-electron chi connectivity index (χ2n) is 6.59. The van der Waals surface area contributed by atoms with Gasteiger partial charge in [0.25, 0.3) is 0 Å². The summed E-state index contributed by atoms with van der Waals surface area (Å²) in [6.45, 7) is 2.44. The van der Waals surface area contributed by atoms with Crippen molar-refractivity contribution in [3.05, 3.63) is 76.5 Å². The van der Waals surface area contributed by atoms with Crippen LogP contribution in [0, 0.1) is 0 Å². The van der Waals surface area contributed by atoms with Crippen LogP contribution in [0.3, 0.4) is 0 Å². The van der Waals surface area contributed by atoms with Crippen LogP contribution < -0.4 is 10.6 Å². The maximum atomic E-state index is 6.52. The number of aromatic nitrogens is 2. The Balaban J connectivity index is 1.28. The topological polar surface area (TPSA) is 49.8 Å². The smallest absolute Gasteiger partial charge is 0.0737 e. The normalized spacial score (nSPS) is 11.2. The maximum Gasteiger partial charge on any atom is 0.0737 e. The zero-order valence-corrected chi connectivity index (χ0v) is 16.8. The molecule has 0 fully saturated rings. The van der Waals surface area contributed by atoms with Crippen molar-refractivity contribution in [1.29, 1.82) is 0 Å². The number of hydrogen-bond donors (Lipinski definition) is 2. The molecule has 0 spiro atoms. The van der Waals surface area contributed by atoms with Crippen molar-refractivity contribution in [3.63, 3.8) is 0 Å². The van der Waals surface area contributed by atoms with Gasteiger partial charge in [-0.05, 0) is 43.3 Å². The molecule has 4 rings (SSSR count). The first-order chi connectivity index (χ1) is 13.7. The molecule has 0 bridgehead atoms. The molecule has 142 valence electrons. The van der Waals surface area contributed by atoms with Crippen LogP contribution in [0.15, 0.2) is 60.9 Å². The van der Waals surface area contributed by atoms with Gasteiger partial charge in [0.2, 0.25) is 0 Å². The number of para-hydroxylation sites is 1. The second kappa shape index (κ2) is 8.74. The molecule has 0 unspecified atom stereocenters. The third-order valence-electron chi connectivity index (χ3n) is 4.65. The fourth-order valence-electron chi connectivity index (χ4n) is 3.21. The number of halogens is 2. The predicted molar refractivity (Wildman–Crippen MR) is 118 cm³/mol. The molecule has 0 atom stereocenters. The first-order valence-corrected chi connectivity index (χ1v) is 9.99. The molecule has 0 aliphatic rings. The van der Waals surface area contributed by atoms with E-state index in [0.717, 1.165) is 57.6 Å². The zero-order valence-electron chi connectivity index (χ0n) is 15.3. The number of benzene rings is 2. The average Bonchev–Trinajstić information content (AvgIpc) is 2.72. The Morgan fingerprint density at radius 2 is 1.75 bits per heavy atom. The number of nitrogens with one attached hydrogen (secondary N) is 2. The number of fused-ring (bicyclic) bond motifs is 2. The Hall–Kier alpha value is -2.40. The lowest BCUT2D eigenvalue weighted by Crippen LogP contribution is -2.18. The molecule has 28 heavy (non-hydrogen) atoms. The van der Waals surface area contributed by atoms with Gasteiger partial charge in [0.1, 0.15) is 0 Å². The van der Waals surface area contributed by atoms with Gasteiger partial charge in [0.05, 0.1) is 16.1 Å². The summed E-state index contributed by atoms with van der Waals surface area (Å²) < 4.78 is 0. The lowest BCUT2D eigenvalue weighted by molar-refractivity contribution is 0.663. The number of nitrogens with zero attached hydrogens (tertiary/aromatic N) is 2. The summed E-state index contributed by atoms with van der Waals surface area (Å²) in [6.07, 6.45) is 4.63. The zero-order chi connectivity index (χ0) is 19.3. The molecule has 0 radical (unpaired) electrons. The molecule has 2 heterocycles. The van der Waals surface area contributed by atoms with Gasteiger partial charge in [-0.15, -0.1) is 0 Å². The molecule has 0 aliphatic heterocycles. The van der Waals surface area contributed by atoms with Crippen LogP contribution in [-0.2, 0) is 6.54 Å². The van der Waals surface area contributed by atoms with Crippen LogP contribution >= 0.6 is 23.2 Å². The van der Waals surface area contributed by atoms with Gasteiger partial charge in [-0.1, -0.05) is 41.4 Å². The summed E-state index contributed by atoms with van der Waals surface area (Å²) in [5.74, 6) is 0. The van der Waals surface area contributed by atoms with E-state index in [2.05, 4.69) is 20.6 Å². The number of pyridine rings is 2. The van der Waals surface area contributed by atoms with E-state index in [1.807, 2.05) is 54.7 Å². The Bertz CT molecular complexity index is 1110. The molecule has 6 heteroatoms. The molecular formula is C22H20Cl2N4.